The van der Waals surface area contributed by atoms with E-state index in [-0.39, 0.29) is 11.5 Å². The molecule has 0 atom stereocenters. The number of unbranched alkanes of at least 4 members (excludes halogenated alkanes) is 2. The van der Waals surface area contributed by atoms with Crippen molar-refractivity contribution in [1.29, 1.82) is 0 Å². The van der Waals surface area contributed by atoms with Gasteiger partial charge in [-0.3, -0.25) is 0 Å². The van der Waals surface area contributed by atoms with Crippen LogP contribution in [0.4, 0.5) is 0 Å². The first-order chi connectivity index (χ1) is 10.0. The van der Waals surface area contributed by atoms with Crippen LogP contribution >= 0.6 is 0 Å². The molecule has 0 saturated heterocycles. The molecular weight excluding hydrogens is 286 g/mol. The van der Waals surface area contributed by atoms with Crippen molar-refractivity contribution in [1.82, 2.24) is 4.72 Å². The fourth-order valence-electron chi connectivity index (χ4n) is 1.82. The number of aryl methyl sites for hydroxylation is 1. The molecule has 0 radical (unpaired) electrons. The van der Waals surface area contributed by atoms with Crippen molar-refractivity contribution in [2.24, 2.45) is 0 Å². The Hall–Kier alpha value is -1.35. The van der Waals surface area contributed by atoms with Crippen LogP contribution in [0.25, 0.3) is 0 Å². The quantitative estimate of drug-likeness (QED) is 0.599. The molecule has 0 aromatic heterocycles. The number of nitrogens with one attached hydrogen (secondary N) is 1. The molecule has 0 unspecified atom stereocenters. The van der Waals surface area contributed by atoms with Crippen LogP contribution in [-0.4, -0.2) is 26.7 Å². The number of hydrogen-bond acceptors (Lipinski definition) is 3. The molecule has 5 heteroatoms. The van der Waals surface area contributed by atoms with E-state index in [2.05, 4.69) is 23.5 Å². The summed E-state index contributed by atoms with van der Waals surface area (Å²) in [4.78, 5) is 0.268. The molecule has 0 amide bonds. The molecule has 1 aromatic carbocycles. The SMILES string of the molecule is CCCCCNS(=O)(=O)c1ccc(C#CCCO)c(C)c1. The van der Waals surface area contributed by atoms with Crippen LogP contribution < -0.4 is 4.72 Å². The van der Waals surface area contributed by atoms with E-state index >= 15 is 0 Å². The highest BCUT2D eigenvalue weighted by Gasteiger charge is 2.13. The fraction of sp³-hybridized carbons (Fsp3) is 0.500. The fourth-order valence-corrected chi connectivity index (χ4v) is 2.98. The third-order valence-electron chi connectivity index (χ3n) is 3.04. The second kappa shape index (κ2) is 8.83. The minimum absolute atomic E-state index is 0.0280. The van der Waals surface area contributed by atoms with Gasteiger partial charge in [-0.05, 0) is 37.1 Å². The summed E-state index contributed by atoms with van der Waals surface area (Å²) < 4.78 is 26.9. The lowest BCUT2D eigenvalue weighted by atomic mass is 10.1. The van der Waals surface area contributed by atoms with Crippen LogP contribution in [0.2, 0.25) is 0 Å². The van der Waals surface area contributed by atoms with Crippen LogP contribution in [-0.2, 0) is 10.0 Å². The molecule has 116 valence electrons. The molecule has 21 heavy (non-hydrogen) atoms. The zero-order valence-electron chi connectivity index (χ0n) is 12.6. The summed E-state index contributed by atoms with van der Waals surface area (Å²) in [5, 5.41) is 8.69. The van der Waals surface area contributed by atoms with Gasteiger partial charge in [0.2, 0.25) is 10.0 Å². The minimum Gasteiger partial charge on any atom is -0.395 e. The highest BCUT2D eigenvalue weighted by atomic mass is 32.2. The standard InChI is InChI=1S/C16H23NO3S/c1-3-4-6-11-17-21(19,20)16-10-9-15(14(2)13-16)8-5-7-12-18/h9-10,13,17-18H,3-4,6-7,11-12H2,1-2H3. The number of rotatable bonds is 7. The largest absolute Gasteiger partial charge is 0.395 e. The third kappa shape index (κ3) is 5.88. The lowest BCUT2D eigenvalue weighted by molar-refractivity contribution is 0.305. The normalized spacial score (nSPS) is 11.0. The number of sulfonamides is 1. The maximum atomic E-state index is 12.1. The first kappa shape index (κ1) is 17.7. The van der Waals surface area contributed by atoms with Gasteiger partial charge < -0.3 is 5.11 Å². The average molecular weight is 309 g/mol. The molecule has 0 fully saturated rings. The summed E-state index contributed by atoms with van der Waals surface area (Å²) in [7, 11) is -3.44. The van der Waals surface area contributed by atoms with Crippen LogP contribution in [0.1, 0.15) is 43.7 Å². The molecule has 1 rings (SSSR count). The van der Waals surface area contributed by atoms with Gasteiger partial charge in [-0.15, -0.1) is 0 Å². The van der Waals surface area contributed by atoms with E-state index in [9.17, 15) is 8.42 Å². The van der Waals surface area contributed by atoms with Gasteiger partial charge in [0.15, 0.2) is 0 Å². The summed E-state index contributed by atoms with van der Waals surface area (Å²) in [6, 6.07) is 4.91. The third-order valence-corrected chi connectivity index (χ3v) is 4.50. The summed E-state index contributed by atoms with van der Waals surface area (Å²) in [5.74, 6) is 5.76. The highest BCUT2D eigenvalue weighted by Crippen LogP contribution is 2.15. The zero-order chi connectivity index (χ0) is 15.7. The summed E-state index contributed by atoms with van der Waals surface area (Å²) in [5.41, 5.74) is 1.60. The summed E-state index contributed by atoms with van der Waals surface area (Å²) in [6.07, 6.45) is 3.33. The zero-order valence-corrected chi connectivity index (χ0v) is 13.5. The lowest BCUT2D eigenvalue weighted by Gasteiger charge is -2.08. The second-order valence-electron chi connectivity index (χ2n) is 4.86. The maximum absolute atomic E-state index is 12.1. The van der Waals surface area contributed by atoms with Gasteiger partial charge in [0.25, 0.3) is 0 Å². The summed E-state index contributed by atoms with van der Waals surface area (Å²) in [6.45, 7) is 4.40. The van der Waals surface area contributed by atoms with E-state index in [1.165, 1.54) is 0 Å². The molecule has 0 heterocycles. The van der Waals surface area contributed by atoms with Crippen molar-refractivity contribution in [3.63, 3.8) is 0 Å². The Balaban J connectivity index is 2.80. The Morgan fingerprint density at radius 1 is 1.29 bits per heavy atom. The minimum atomic E-state index is -3.44. The van der Waals surface area contributed by atoms with Gasteiger partial charge in [0, 0.05) is 18.5 Å². The lowest BCUT2D eigenvalue weighted by Crippen LogP contribution is -2.24. The van der Waals surface area contributed by atoms with Crippen molar-refractivity contribution in [2.45, 2.75) is 44.4 Å². The molecule has 0 bridgehead atoms. The van der Waals surface area contributed by atoms with E-state index in [0.29, 0.717) is 13.0 Å². The Labute approximate surface area is 127 Å². The van der Waals surface area contributed by atoms with Gasteiger partial charge in [-0.1, -0.05) is 31.6 Å². The van der Waals surface area contributed by atoms with Crippen molar-refractivity contribution in [3.8, 4) is 11.8 Å². The average Bonchev–Trinajstić information content (AvgIpc) is 2.45. The maximum Gasteiger partial charge on any atom is 0.240 e. The van der Waals surface area contributed by atoms with Crippen LogP contribution in [0, 0.1) is 18.8 Å². The Morgan fingerprint density at radius 3 is 2.67 bits per heavy atom. The molecular formula is C16H23NO3S. The van der Waals surface area contributed by atoms with Gasteiger partial charge in [0.05, 0.1) is 11.5 Å². The summed E-state index contributed by atoms with van der Waals surface area (Å²) >= 11 is 0. The van der Waals surface area contributed by atoms with Crippen LogP contribution in [0.15, 0.2) is 23.1 Å². The van der Waals surface area contributed by atoms with Crippen LogP contribution in [0.3, 0.4) is 0 Å². The second-order valence-corrected chi connectivity index (χ2v) is 6.62. The molecule has 0 aliphatic carbocycles. The predicted molar refractivity (Wildman–Crippen MR) is 84.5 cm³/mol. The predicted octanol–water partition coefficient (Wildman–Crippen LogP) is 2.20. The number of hydrogen-bond donors (Lipinski definition) is 2. The van der Waals surface area contributed by atoms with E-state index in [4.69, 9.17) is 5.11 Å². The van der Waals surface area contributed by atoms with Crippen molar-refractivity contribution in [2.75, 3.05) is 13.2 Å². The first-order valence-electron chi connectivity index (χ1n) is 7.21. The van der Waals surface area contributed by atoms with E-state index in [1.807, 2.05) is 6.92 Å². The number of benzene rings is 1. The number of aliphatic hydroxyl groups excluding tert-OH is 1. The molecule has 0 spiro atoms. The van der Waals surface area contributed by atoms with Crippen molar-refractivity contribution < 1.29 is 13.5 Å². The van der Waals surface area contributed by atoms with Gasteiger partial charge in [-0.25, -0.2) is 13.1 Å². The van der Waals surface area contributed by atoms with Crippen molar-refractivity contribution >= 4 is 10.0 Å². The van der Waals surface area contributed by atoms with Crippen molar-refractivity contribution in [3.05, 3.63) is 29.3 Å². The highest BCUT2D eigenvalue weighted by molar-refractivity contribution is 7.89. The van der Waals surface area contributed by atoms with Gasteiger partial charge in [0.1, 0.15) is 0 Å². The van der Waals surface area contributed by atoms with E-state index in [0.717, 1.165) is 30.4 Å². The topological polar surface area (TPSA) is 66.4 Å². The molecule has 2 N–H and O–H groups in total. The number of aliphatic hydroxyl groups is 1. The Bertz CT molecular complexity index is 612. The van der Waals surface area contributed by atoms with E-state index in [1.54, 1.807) is 18.2 Å². The van der Waals surface area contributed by atoms with Crippen LogP contribution in [0.5, 0.6) is 0 Å². The Morgan fingerprint density at radius 2 is 2.05 bits per heavy atom. The molecule has 0 aliphatic heterocycles. The van der Waals surface area contributed by atoms with Gasteiger partial charge in [-0.2, -0.15) is 0 Å². The van der Waals surface area contributed by atoms with E-state index < -0.39 is 10.0 Å². The smallest absolute Gasteiger partial charge is 0.240 e. The molecule has 0 saturated carbocycles. The molecule has 0 aliphatic rings. The first-order valence-corrected chi connectivity index (χ1v) is 8.69. The molecule has 4 nitrogen and oxygen atoms in total. The molecule has 1 aromatic rings. The monoisotopic (exact) mass is 309 g/mol. The van der Waals surface area contributed by atoms with Gasteiger partial charge >= 0.3 is 0 Å². The Kier molecular flexibility index (Phi) is 7.44.